The lowest BCUT2D eigenvalue weighted by Gasteiger charge is -2.19. The molecule has 0 spiro atoms. The Bertz CT molecular complexity index is 1300. The zero-order valence-electron chi connectivity index (χ0n) is 20.5. The molecule has 0 aliphatic rings. The van der Waals surface area contributed by atoms with Crippen LogP contribution in [-0.2, 0) is 17.7 Å². The second-order valence-corrected chi connectivity index (χ2v) is 9.43. The molecular formula is C27H32N4O4. The Morgan fingerprint density at radius 3 is 2.60 bits per heavy atom. The first-order chi connectivity index (χ1) is 16.8. The van der Waals surface area contributed by atoms with E-state index in [1.807, 2.05) is 75.4 Å². The number of nitrogens with zero attached hydrogens (tertiary/aromatic N) is 3. The van der Waals surface area contributed by atoms with Gasteiger partial charge in [-0.25, -0.2) is 9.78 Å². The van der Waals surface area contributed by atoms with Crippen LogP contribution in [0.25, 0.3) is 21.9 Å². The number of pyridine rings is 1. The van der Waals surface area contributed by atoms with Crippen LogP contribution >= 0.6 is 0 Å². The molecule has 2 aromatic carbocycles. The van der Waals surface area contributed by atoms with Gasteiger partial charge in [0.2, 0.25) is 11.7 Å². The number of carbonyl (C=O) groups excluding carboxylic acids is 1. The molecule has 0 saturated heterocycles. The molecule has 2 heterocycles. The van der Waals surface area contributed by atoms with Crippen molar-refractivity contribution in [1.82, 2.24) is 14.9 Å². The molecule has 0 fully saturated rings. The van der Waals surface area contributed by atoms with Gasteiger partial charge in [0.25, 0.3) is 0 Å². The van der Waals surface area contributed by atoms with Gasteiger partial charge in [-0.15, -0.1) is 0 Å². The minimum atomic E-state index is -0.535. The first-order valence-corrected chi connectivity index (χ1v) is 12.0. The summed E-state index contributed by atoms with van der Waals surface area (Å²) < 4.78 is 14.2. The Morgan fingerprint density at radius 1 is 1.09 bits per heavy atom. The number of carbonyl (C=O) groups is 1. The van der Waals surface area contributed by atoms with Crippen molar-refractivity contribution >= 4 is 28.0 Å². The summed E-state index contributed by atoms with van der Waals surface area (Å²) in [6.45, 7) is 7.20. The highest BCUT2D eigenvalue weighted by atomic mass is 16.6. The van der Waals surface area contributed by atoms with Crippen LogP contribution in [0.2, 0.25) is 0 Å². The molecule has 8 nitrogen and oxygen atoms in total. The maximum absolute atomic E-state index is 12.6. The summed E-state index contributed by atoms with van der Waals surface area (Å²) in [6, 6.07) is 17.3. The fraction of sp³-hybridized carbons (Fsp3) is 0.370. The summed E-state index contributed by atoms with van der Waals surface area (Å²) in [4.78, 5) is 16.8. The lowest BCUT2D eigenvalue weighted by atomic mass is 10.2. The molecule has 1 N–H and O–H groups in total. The molecule has 0 radical (unpaired) electrons. The van der Waals surface area contributed by atoms with E-state index in [0.717, 1.165) is 33.6 Å². The van der Waals surface area contributed by atoms with Gasteiger partial charge in [0.05, 0.1) is 17.5 Å². The largest absolute Gasteiger partial charge is 0.618 e. The van der Waals surface area contributed by atoms with E-state index in [4.69, 9.17) is 14.5 Å². The second-order valence-electron chi connectivity index (χ2n) is 9.43. The quantitative estimate of drug-likeness (QED) is 0.214. The Kier molecular flexibility index (Phi) is 7.39. The number of ether oxygens (including phenoxy) is 2. The predicted octanol–water partition coefficient (Wildman–Crippen LogP) is 4.75. The van der Waals surface area contributed by atoms with Crippen molar-refractivity contribution in [1.29, 1.82) is 0 Å². The lowest BCUT2D eigenvalue weighted by molar-refractivity contribution is -0.575. The maximum atomic E-state index is 12.6. The van der Waals surface area contributed by atoms with E-state index in [1.165, 1.54) is 6.20 Å². The molecule has 1 amide bonds. The molecule has 0 aliphatic heterocycles. The van der Waals surface area contributed by atoms with Gasteiger partial charge in [0.15, 0.2) is 5.52 Å². The molecular weight excluding hydrogens is 444 g/mol. The number of benzene rings is 2. The van der Waals surface area contributed by atoms with Gasteiger partial charge < -0.3 is 24.6 Å². The second kappa shape index (κ2) is 10.6. The highest BCUT2D eigenvalue weighted by Crippen LogP contribution is 2.25. The van der Waals surface area contributed by atoms with Gasteiger partial charge in [0.1, 0.15) is 17.2 Å². The Balaban J connectivity index is 1.51. The fourth-order valence-corrected chi connectivity index (χ4v) is 4.05. The van der Waals surface area contributed by atoms with Crippen molar-refractivity contribution in [3.05, 3.63) is 71.8 Å². The third-order valence-electron chi connectivity index (χ3n) is 5.49. The Morgan fingerprint density at radius 2 is 1.83 bits per heavy atom. The van der Waals surface area contributed by atoms with Crippen LogP contribution in [0.5, 0.6) is 5.75 Å². The van der Waals surface area contributed by atoms with Crippen LogP contribution in [0.1, 0.15) is 39.4 Å². The normalized spacial score (nSPS) is 11.6. The van der Waals surface area contributed by atoms with Gasteiger partial charge in [-0.05, 0) is 51.8 Å². The van der Waals surface area contributed by atoms with Crippen molar-refractivity contribution in [2.45, 2.75) is 52.2 Å². The number of alkyl carbamates (subject to hydrolysis) is 1. The van der Waals surface area contributed by atoms with Crippen LogP contribution in [0.15, 0.2) is 60.8 Å². The number of imidazole rings is 1. The zero-order valence-corrected chi connectivity index (χ0v) is 20.5. The van der Waals surface area contributed by atoms with Crippen LogP contribution in [0.3, 0.4) is 0 Å². The Labute approximate surface area is 205 Å². The van der Waals surface area contributed by atoms with Crippen molar-refractivity contribution < 1.29 is 19.0 Å². The van der Waals surface area contributed by atoms with Crippen LogP contribution in [-0.4, -0.2) is 34.4 Å². The van der Waals surface area contributed by atoms with E-state index in [1.54, 1.807) is 0 Å². The number of amides is 1. The first kappa shape index (κ1) is 24.3. The van der Waals surface area contributed by atoms with Crippen molar-refractivity contribution in [3.8, 4) is 5.75 Å². The number of hydrogen-bond acceptors (Lipinski definition) is 5. The van der Waals surface area contributed by atoms with Crippen LogP contribution in [0.4, 0.5) is 4.79 Å². The van der Waals surface area contributed by atoms with E-state index >= 15 is 0 Å². The molecule has 0 unspecified atom stereocenters. The summed E-state index contributed by atoms with van der Waals surface area (Å²) >= 11 is 0. The molecule has 0 saturated carbocycles. The minimum absolute atomic E-state index is 0.427. The standard InChI is InChI=1S/C27H32N4O4/c1-27(2,3)35-26(32)28-16-10-17-30-24(15-9-18-34-20-11-5-4-6-12-20)29-22-19-31(33)23-14-8-7-13-21(23)25(22)30/h4-8,11-14,19H,9-10,15-18H2,1-3H3,(H,28,32). The predicted molar refractivity (Wildman–Crippen MR) is 135 cm³/mol. The number of hydrogen-bond donors (Lipinski definition) is 1. The van der Waals surface area contributed by atoms with Crippen molar-refractivity contribution in [2.75, 3.05) is 13.2 Å². The molecule has 4 aromatic rings. The van der Waals surface area contributed by atoms with E-state index in [-0.39, 0.29) is 0 Å². The molecule has 2 aromatic heterocycles. The number of para-hydroxylation sites is 2. The Hall–Kier alpha value is -3.81. The van der Waals surface area contributed by atoms with Crippen LogP contribution < -0.4 is 14.8 Å². The van der Waals surface area contributed by atoms with Gasteiger partial charge >= 0.3 is 6.09 Å². The number of nitrogens with one attached hydrogen (secondary N) is 1. The molecule has 184 valence electrons. The van der Waals surface area contributed by atoms with E-state index in [2.05, 4.69) is 9.88 Å². The first-order valence-electron chi connectivity index (χ1n) is 12.0. The van der Waals surface area contributed by atoms with E-state index in [9.17, 15) is 10.0 Å². The summed E-state index contributed by atoms with van der Waals surface area (Å²) in [5, 5.41) is 16.2. The molecule has 35 heavy (non-hydrogen) atoms. The summed E-state index contributed by atoms with van der Waals surface area (Å²) in [7, 11) is 0. The summed E-state index contributed by atoms with van der Waals surface area (Å²) in [5.74, 6) is 1.73. The smallest absolute Gasteiger partial charge is 0.407 e. The monoisotopic (exact) mass is 476 g/mol. The lowest BCUT2D eigenvalue weighted by Crippen LogP contribution is -2.33. The van der Waals surface area contributed by atoms with Gasteiger partial charge in [-0.1, -0.05) is 30.3 Å². The van der Waals surface area contributed by atoms with Gasteiger partial charge in [-0.2, -0.15) is 4.73 Å². The van der Waals surface area contributed by atoms with Crippen LogP contribution in [0, 0.1) is 5.21 Å². The van der Waals surface area contributed by atoms with E-state index < -0.39 is 11.7 Å². The molecule has 0 aliphatic carbocycles. The highest BCUT2D eigenvalue weighted by Gasteiger charge is 2.19. The summed E-state index contributed by atoms with van der Waals surface area (Å²) in [5.41, 5.74) is 1.67. The molecule has 4 rings (SSSR count). The van der Waals surface area contributed by atoms with E-state index in [0.29, 0.717) is 43.6 Å². The zero-order chi connectivity index (χ0) is 24.8. The van der Waals surface area contributed by atoms with Gasteiger partial charge in [0, 0.05) is 25.6 Å². The average Bonchev–Trinajstić information content (AvgIpc) is 3.16. The average molecular weight is 477 g/mol. The maximum Gasteiger partial charge on any atom is 0.407 e. The number of aromatic nitrogens is 3. The fourth-order valence-electron chi connectivity index (χ4n) is 4.05. The van der Waals surface area contributed by atoms with Gasteiger partial charge in [-0.3, -0.25) is 0 Å². The van der Waals surface area contributed by atoms with Crippen molar-refractivity contribution in [2.24, 2.45) is 0 Å². The number of rotatable bonds is 9. The van der Waals surface area contributed by atoms with Crippen molar-refractivity contribution in [3.63, 3.8) is 0 Å². The third kappa shape index (κ3) is 6.20. The topological polar surface area (TPSA) is 92.3 Å². The minimum Gasteiger partial charge on any atom is -0.618 e. The SMILES string of the molecule is CC(C)(C)OC(=O)NCCCn1c(CCCOc2ccccc2)nc2c[n+]([O-])c3ccccc3c21. The molecule has 8 heteroatoms. The number of fused-ring (bicyclic) bond motifs is 3. The summed E-state index contributed by atoms with van der Waals surface area (Å²) in [6.07, 6.45) is 3.29. The molecule has 0 bridgehead atoms. The third-order valence-corrected chi connectivity index (χ3v) is 5.49. The molecule has 0 atom stereocenters. The highest BCUT2D eigenvalue weighted by molar-refractivity contribution is 6.00. The number of aryl methyl sites for hydroxylation is 2.